The maximum atomic E-state index is 13.5. The summed E-state index contributed by atoms with van der Waals surface area (Å²) in [5, 5.41) is 2.63. The Morgan fingerprint density at radius 1 is 1.15 bits per heavy atom. The van der Waals surface area contributed by atoms with Crippen molar-refractivity contribution >= 4 is 40.9 Å². The molecule has 1 heterocycles. The molecule has 1 aliphatic heterocycles. The number of rotatable bonds is 6. The third-order valence-electron chi connectivity index (χ3n) is 5.72. The van der Waals surface area contributed by atoms with E-state index in [4.69, 9.17) is 11.6 Å². The second-order valence-corrected chi connectivity index (χ2v) is 9.75. The molecule has 0 aromatic heterocycles. The van der Waals surface area contributed by atoms with Gasteiger partial charge in [0.15, 0.2) is 0 Å². The molecule has 0 fully saturated rings. The monoisotopic (exact) mass is 482 g/mol. The lowest BCUT2D eigenvalue weighted by Crippen LogP contribution is -2.47. The van der Waals surface area contributed by atoms with Crippen molar-refractivity contribution in [2.24, 2.45) is 5.92 Å². The van der Waals surface area contributed by atoms with E-state index >= 15 is 0 Å². The van der Waals surface area contributed by atoms with E-state index in [1.165, 1.54) is 23.9 Å². The van der Waals surface area contributed by atoms with E-state index in [9.17, 15) is 14.0 Å². The van der Waals surface area contributed by atoms with Gasteiger partial charge in [-0.05, 0) is 42.3 Å². The third kappa shape index (κ3) is 5.23. The number of nitrogens with one attached hydrogen (secondary N) is 1. The summed E-state index contributed by atoms with van der Waals surface area (Å²) in [5.41, 5.74) is 3.56. The fraction of sp³-hybridized carbons (Fsp3) is 0.231. The van der Waals surface area contributed by atoms with E-state index in [0.717, 1.165) is 21.7 Å². The van der Waals surface area contributed by atoms with Gasteiger partial charge in [-0.15, -0.1) is 11.8 Å². The summed E-state index contributed by atoms with van der Waals surface area (Å²) in [6, 6.07) is 19.7. The van der Waals surface area contributed by atoms with Crippen LogP contribution in [0.1, 0.15) is 23.6 Å². The highest BCUT2D eigenvalue weighted by molar-refractivity contribution is 8.01. The van der Waals surface area contributed by atoms with E-state index in [1.54, 1.807) is 17.9 Å². The molecule has 33 heavy (non-hydrogen) atoms. The normalized spacial score (nSPS) is 16.3. The van der Waals surface area contributed by atoms with E-state index < -0.39 is 17.0 Å². The highest BCUT2D eigenvalue weighted by atomic mass is 35.5. The minimum absolute atomic E-state index is 0.169. The van der Waals surface area contributed by atoms with Crippen LogP contribution in [0.15, 0.2) is 71.6 Å². The molecule has 0 saturated carbocycles. The van der Waals surface area contributed by atoms with Crippen molar-refractivity contribution in [2.45, 2.75) is 37.1 Å². The average molecular weight is 483 g/mol. The summed E-state index contributed by atoms with van der Waals surface area (Å²) < 4.78 is 13.5. The first kappa shape index (κ1) is 23.3. The SMILES string of the molecule is Cc1ccc(CNC(=O)[C@H](C)[C@H]2Sc3ccccc3N(Cc3ccc(F)cc3Cl)C2=O)cc1. The van der Waals surface area contributed by atoms with Gasteiger partial charge in [0.2, 0.25) is 11.8 Å². The van der Waals surface area contributed by atoms with Gasteiger partial charge < -0.3 is 10.2 Å². The molecular formula is C26H24ClFN2O2S. The molecule has 0 spiro atoms. The number of carbonyl (C=O) groups is 2. The van der Waals surface area contributed by atoms with Crippen LogP contribution in [0.2, 0.25) is 5.02 Å². The Labute approximate surface area is 202 Å². The molecule has 2 atom stereocenters. The van der Waals surface area contributed by atoms with Crippen molar-refractivity contribution in [1.82, 2.24) is 5.32 Å². The molecule has 0 saturated heterocycles. The number of hydrogen-bond donors (Lipinski definition) is 1. The summed E-state index contributed by atoms with van der Waals surface area (Å²) in [7, 11) is 0. The zero-order valence-electron chi connectivity index (χ0n) is 18.3. The molecule has 3 aromatic carbocycles. The summed E-state index contributed by atoms with van der Waals surface area (Å²) in [5.74, 6) is -1.33. The molecule has 0 radical (unpaired) electrons. The van der Waals surface area contributed by atoms with Crippen LogP contribution >= 0.6 is 23.4 Å². The van der Waals surface area contributed by atoms with E-state index in [2.05, 4.69) is 5.32 Å². The van der Waals surface area contributed by atoms with Gasteiger partial charge >= 0.3 is 0 Å². The lowest BCUT2D eigenvalue weighted by Gasteiger charge is -2.36. The van der Waals surface area contributed by atoms with Crippen molar-refractivity contribution in [3.05, 3.63) is 94.3 Å². The Bertz CT molecular complexity index is 1190. The first-order chi connectivity index (χ1) is 15.8. The van der Waals surface area contributed by atoms with Crippen LogP contribution in [0.5, 0.6) is 0 Å². The van der Waals surface area contributed by atoms with Crippen LogP contribution in [-0.2, 0) is 22.7 Å². The van der Waals surface area contributed by atoms with Crippen LogP contribution in [0.3, 0.4) is 0 Å². The molecule has 3 aromatic rings. The number of aryl methyl sites for hydroxylation is 1. The molecule has 0 bridgehead atoms. The number of halogens is 2. The number of nitrogens with zero attached hydrogens (tertiary/aromatic N) is 1. The Morgan fingerprint density at radius 3 is 2.61 bits per heavy atom. The lowest BCUT2D eigenvalue weighted by molar-refractivity contribution is -0.128. The largest absolute Gasteiger partial charge is 0.352 e. The molecule has 4 rings (SSSR count). The summed E-state index contributed by atoms with van der Waals surface area (Å²) in [6.07, 6.45) is 0. The Kier molecular flexibility index (Phi) is 7.05. The van der Waals surface area contributed by atoms with Gasteiger partial charge in [-0.3, -0.25) is 9.59 Å². The molecule has 1 aliphatic rings. The van der Waals surface area contributed by atoms with Crippen LogP contribution in [-0.4, -0.2) is 17.1 Å². The minimum atomic E-state index is -0.586. The van der Waals surface area contributed by atoms with Gasteiger partial charge in [0.25, 0.3) is 0 Å². The molecule has 7 heteroatoms. The van der Waals surface area contributed by atoms with Gasteiger partial charge in [-0.25, -0.2) is 4.39 Å². The van der Waals surface area contributed by atoms with Gasteiger partial charge in [-0.1, -0.05) is 66.6 Å². The number of amides is 2. The predicted molar refractivity (Wildman–Crippen MR) is 131 cm³/mol. The number of benzene rings is 3. The van der Waals surface area contributed by atoms with Gasteiger partial charge in [0.05, 0.1) is 18.2 Å². The Morgan fingerprint density at radius 2 is 1.88 bits per heavy atom. The number of carbonyl (C=O) groups excluding carboxylic acids is 2. The molecule has 0 aliphatic carbocycles. The Hall–Kier alpha value is -2.83. The quantitative estimate of drug-likeness (QED) is 0.487. The van der Waals surface area contributed by atoms with E-state index in [-0.39, 0.29) is 23.4 Å². The van der Waals surface area contributed by atoms with Gasteiger partial charge in [-0.2, -0.15) is 0 Å². The maximum Gasteiger partial charge on any atom is 0.241 e. The molecule has 4 nitrogen and oxygen atoms in total. The molecule has 170 valence electrons. The third-order valence-corrected chi connectivity index (χ3v) is 7.53. The van der Waals surface area contributed by atoms with Crippen molar-refractivity contribution in [2.75, 3.05) is 4.90 Å². The number of anilines is 1. The molecule has 1 N–H and O–H groups in total. The zero-order valence-corrected chi connectivity index (χ0v) is 19.9. The van der Waals surface area contributed by atoms with Crippen molar-refractivity contribution in [3.8, 4) is 0 Å². The second kappa shape index (κ2) is 9.98. The predicted octanol–water partition coefficient (Wildman–Crippen LogP) is 5.75. The average Bonchev–Trinajstić information content (AvgIpc) is 2.81. The number of hydrogen-bond acceptors (Lipinski definition) is 3. The Balaban J connectivity index is 1.54. The topological polar surface area (TPSA) is 49.4 Å². The van der Waals surface area contributed by atoms with Crippen molar-refractivity contribution in [1.29, 1.82) is 0 Å². The van der Waals surface area contributed by atoms with Crippen LogP contribution in [0.25, 0.3) is 0 Å². The van der Waals surface area contributed by atoms with Crippen LogP contribution in [0, 0.1) is 18.7 Å². The van der Waals surface area contributed by atoms with Crippen LogP contribution < -0.4 is 10.2 Å². The molecule has 0 unspecified atom stereocenters. The highest BCUT2D eigenvalue weighted by Gasteiger charge is 2.39. The van der Waals surface area contributed by atoms with Crippen molar-refractivity contribution < 1.29 is 14.0 Å². The van der Waals surface area contributed by atoms with Crippen LogP contribution in [0.4, 0.5) is 10.1 Å². The van der Waals surface area contributed by atoms with Gasteiger partial charge in [0, 0.05) is 16.5 Å². The van der Waals surface area contributed by atoms with E-state index in [0.29, 0.717) is 12.1 Å². The number of para-hydroxylation sites is 1. The summed E-state index contributed by atoms with van der Waals surface area (Å²) >= 11 is 7.64. The number of thioether (sulfide) groups is 1. The fourth-order valence-corrected chi connectivity index (χ4v) is 5.24. The molecular weight excluding hydrogens is 459 g/mol. The standard InChI is InChI=1S/C26H24ClFN2O2S/c1-16-7-9-18(10-8-16)14-29-25(31)17(2)24-26(32)30(22-5-3-4-6-23(22)33-24)15-19-11-12-20(28)13-21(19)27/h3-13,17,24H,14-15H2,1-2H3,(H,29,31)/t17-,24-/m1/s1. The van der Waals surface area contributed by atoms with Crippen molar-refractivity contribution in [3.63, 3.8) is 0 Å². The second-order valence-electron chi connectivity index (χ2n) is 8.16. The summed E-state index contributed by atoms with van der Waals surface area (Å²) in [4.78, 5) is 29.0. The molecule has 2 amide bonds. The first-order valence-corrected chi connectivity index (χ1v) is 11.9. The lowest BCUT2D eigenvalue weighted by atomic mass is 10.0. The smallest absolute Gasteiger partial charge is 0.241 e. The maximum absolute atomic E-state index is 13.5. The fourth-order valence-electron chi connectivity index (χ4n) is 3.73. The minimum Gasteiger partial charge on any atom is -0.352 e. The van der Waals surface area contributed by atoms with Gasteiger partial charge in [0.1, 0.15) is 11.1 Å². The van der Waals surface area contributed by atoms with E-state index in [1.807, 2.05) is 55.5 Å². The number of fused-ring (bicyclic) bond motifs is 1. The summed E-state index contributed by atoms with van der Waals surface area (Å²) in [6.45, 7) is 4.39. The first-order valence-electron chi connectivity index (χ1n) is 10.7. The highest BCUT2D eigenvalue weighted by Crippen LogP contribution is 2.42. The zero-order chi connectivity index (χ0) is 23.5.